The fourth-order valence-electron chi connectivity index (χ4n) is 7.81. The number of rotatable bonds is 54. The molecule has 0 aliphatic heterocycles. The monoisotopic (exact) mass is 1080 g/mol. The first-order valence-corrected chi connectivity index (χ1v) is 31.3. The molecule has 0 heterocycles. The van der Waals surface area contributed by atoms with Crippen LogP contribution in [-0.2, 0) is 28.6 Å². The third kappa shape index (κ3) is 63.2. The Morgan fingerprint density at radius 3 is 0.747 bits per heavy atom. The summed E-state index contributed by atoms with van der Waals surface area (Å²) in [5.41, 5.74) is 0. The van der Waals surface area contributed by atoms with Crippen molar-refractivity contribution in [2.45, 2.75) is 245 Å². The topological polar surface area (TPSA) is 78.9 Å². The molecule has 440 valence electrons. The van der Waals surface area contributed by atoms with Crippen LogP contribution in [0.5, 0.6) is 0 Å². The lowest BCUT2D eigenvalue weighted by Gasteiger charge is -2.18. The Morgan fingerprint density at radius 1 is 0.253 bits per heavy atom. The summed E-state index contributed by atoms with van der Waals surface area (Å²) in [6, 6.07) is 0. The molecule has 1 atom stereocenters. The number of ether oxygens (including phenoxy) is 3. The predicted octanol–water partition coefficient (Wildman–Crippen LogP) is 21.7. The molecule has 0 aliphatic rings. The zero-order chi connectivity index (χ0) is 57.1. The molecule has 0 fully saturated rings. The third-order valence-electron chi connectivity index (χ3n) is 12.4. The van der Waals surface area contributed by atoms with Gasteiger partial charge in [-0.2, -0.15) is 0 Å². The van der Waals surface area contributed by atoms with Crippen LogP contribution in [-0.4, -0.2) is 37.2 Å². The SMILES string of the molecule is CC/C=C\C/C=C\C/C=C\C/C=C\C/C=C\C/C=C\C/C=C\C/C=C\CCCCCCCCCCC(=O)OCC(COC(=O)CCCCC/C=C\C/C=C\C/C=C\CC)OC(=O)CCCC/C=C\C/C=C\C/C=C\C/C=C\CC. The maximum Gasteiger partial charge on any atom is 0.306 e. The minimum absolute atomic E-state index is 0.117. The highest BCUT2D eigenvalue weighted by atomic mass is 16.6. The second-order valence-electron chi connectivity index (χ2n) is 19.8. The Balaban J connectivity index is 4.35. The molecule has 0 bridgehead atoms. The van der Waals surface area contributed by atoms with Crippen LogP contribution in [0.2, 0.25) is 0 Å². The van der Waals surface area contributed by atoms with Crippen molar-refractivity contribution in [2.24, 2.45) is 0 Å². The van der Waals surface area contributed by atoms with E-state index in [1.165, 1.54) is 32.1 Å². The molecule has 0 N–H and O–H groups in total. The highest BCUT2D eigenvalue weighted by Crippen LogP contribution is 2.13. The second kappa shape index (κ2) is 65.0. The van der Waals surface area contributed by atoms with Crippen molar-refractivity contribution in [3.63, 3.8) is 0 Å². The van der Waals surface area contributed by atoms with E-state index < -0.39 is 6.10 Å². The van der Waals surface area contributed by atoms with Gasteiger partial charge in [0.05, 0.1) is 0 Å². The lowest BCUT2D eigenvalue weighted by atomic mass is 10.1. The average Bonchev–Trinajstić information content (AvgIpc) is 3.45. The van der Waals surface area contributed by atoms with Gasteiger partial charge in [-0.3, -0.25) is 14.4 Å². The van der Waals surface area contributed by atoms with Gasteiger partial charge >= 0.3 is 17.9 Å². The summed E-state index contributed by atoms with van der Waals surface area (Å²) < 4.78 is 16.8. The van der Waals surface area contributed by atoms with Crippen molar-refractivity contribution in [1.82, 2.24) is 0 Å². The molecule has 0 saturated heterocycles. The summed E-state index contributed by atoms with van der Waals surface area (Å²) in [6.07, 6.45) is 97.6. The van der Waals surface area contributed by atoms with Gasteiger partial charge in [0.15, 0.2) is 6.10 Å². The molecule has 1 unspecified atom stereocenters. The maximum atomic E-state index is 12.8. The second-order valence-corrected chi connectivity index (χ2v) is 19.8. The molecule has 6 heteroatoms. The summed E-state index contributed by atoms with van der Waals surface area (Å²) >= 11 is 0. The molecule has 0 spiro atoms. The fourth-order valence-corrected chi connectivity index (χ4v) is 7.81. The van der Waals surface area contributed by atoms with Gasteiger partial charge in [-0.1, -0.05) is 248 Å². The molecule has 0 aliphatic carbocycles. The fraction of sp³-hybridized carbons (Fsp3) is 0.548. The number of allylic oxidation sites excluding steroid dienone is 30. The molecular weight excluding hydrogens is 973 g/mol. The van der Waals surface area contributed by atoms with Gasteiger partial charge in [0.25, 0.3) is 0 Å². The highest BCUT2D eigenvalue weighted by molar-refractivity contribution is 5.71. The summed E-state index contributed by atoms with van der Waals surface area (Å²) in [4.78, 5) is 38.2. The Bertz CT molecular complexity index is 1870. The zero-order valence-corrected chi connectivity index (χ0v) is 50.3. The van der Waals surface area contributed by atoms with Gasteiger partial charge in [-0.25, -0.2) is 0 Å². The van der Waals surface area contributed by atoms with Gasteiger partial charge < -0.3 is 14.2 Å². The van der Waals surface area contributed by atoms with Gasteiger partial charge in [-0.05, 0) is 154 Å². The molecule has 6 nitrogen and oxygen atoms in total. The number of esters is 3. The van der Waals surface area contributed by atoms with Crippen LogP contribution >= 0.6 is 0 Å². The molecule has 0 aromatic rings. The average molecular weight is 1090 g/mol. The Hall–Kier alpha value is -5.49. The zero-order valence-electron chi connectivity index (χ0n) is 50.3. The van der Waals surface area contributed by atoms with Crippen LogP contribution in [0, 0.1) is 0 Å². The van der Waals surface area contributed by atoms with Crippen molar-refractivity contribution in [2.75, 3.05) is 13.2 Å². The number of carbonyl (C=O) groups is 3. The van der Waals surface area contributed by atoms with Crippen molar-refractivity contribution in [3.05, 3.63) is 182 Å². The minimum Gasteiger partial charge on any atom is -0.462 e. The van der Waals surface area contributed by atoms with Crippen LogP contribution in [0.4, 0.5) is 0 Å². The minimum atomic E-state index is -0.825. The molecule has 79 heavy (non-hydrogen) atoms. The number of hydrogen-bond donors (Lipinski definition) is 0. The third-order valence-corrected chi connectivity index (χ3v) is 12.4. The molecule has 0 saturated carbocycles. The summed E-state index contributed by atoms with van der Waals surface area (Å²) in [6.45, 7) is 6.21. The largest absolute Gasteiger partial charge is 0.462 e. The Labute approximate surface area is 484 Å². The van der Waals surface area contributed by atoms with Crippen LogP contribution < -0.4 is 0 Å². The molecule has 0 amide bonds. The van der Waals surface area contributed by atoms with Crippen LogP contribution in [0.15, 0.2) is 182 Å². The van der Waals surface area contributed by atoms with E-state index >= 15 is 0 Å². The lowest BCUT2D eigenvalue weighted by molar-refractivity contribution is -0.167. The normalized spacial score (nSPS) is 13.4. The van der Waals surface area contributed by atoms with E-state index in [4.69, 9.17) is 14.2 Å². The standard InChI is InChI=1S/C73H112O6/c1-4-7-10-13-16-19-22-25-27-28-29-30-31-32-33-34-35-36-37-38-39-40-41-42-43-44-46-48-51-54-57-60-63-66-72(75)78-69-70(68-77-71(74)65-62-59-56-53-50-47-24-21-18-15-12-9-6-3)79-73(76)67-64-61-58-55-52-49-45-26-23-20-17-14-11-8-5-2/h7-12,16-21,25-27,29-30,32-33,35-36,38-39,41-42,45,47,50,52,55,70H,4-6,13-15,22-24,28,31,34,37,40,43-44,46,48-49,51,53-54,56-69H2,1-3H3/b10-7-,11-8-,12-9-,19-16-,20-17-,21-18-,27-25-,30-29-,33-32-,36-35-,39-38-,42-41-,45-26-,50-47-,55-52-. The molecule has 0 aromatic heterocycles. The van der Waals surface area contributed by atoms with Crippen molar-refractivity contribution in [3.8, 4) is 0 Å². The van der Waals surface area contributed by atoms with Crippen LogP contribution in [0.25, 0.3) is 0 Å². The van der Waals surface area contributed by atoms with Crippen LogP contribution in [0.1, 0.15) is 239 Å². The number of carbonyl (C=O) groups excluding carboxylic acids is 3. The van der Waals surface area contributed by atoms with E-state index in [9.17, 15) is 14.4 Å². The van der Waals surface area contributed by atoms with Gasteiger partial charge in [0.2, 0.25) is 0 Å². The number of unbranched alkanes of at least 4 members (excludes halogenated alkanes) is 13. The summed E-state index contributed by atoms with van der Waals surface area (Å²) in [5.74, 6) is -1.01. The first-order valence-electron chi connectivity index (χ1n) is 31.3. The van der Waals surface area contributed by atoms with E-state index in [0.29, 0.717) is 19.3 Å². The first-order chi connectivity index (χ1) is 39.0. The lowest BCUT2D eigenvalue weighted by Crippen LogP contribution is -2.30. The highest BCUT2D eigenvalue weighted by Gasteiger charge is 2.19. The Kier molecular flexibility index (Phi) is 60.5. The Morgan fingerprint density at radius 2 is 0.456 bits per heavy atom. The van der Waals surface area contributed by atoms with E-state index in [2.05, 4.69) is 203 Å². The maximum absolute atomic E-state index is 12.8. The molecule has 0 aromatic carbocycles. The number of hydrogen-bond acceptors (Lipinski definition) is 6. The summed E-state index contributed by atoms with van der Waals surface area (Å²) in [5, 5.41) is 0. The van der Waals surface area contributed by atoms with Gasteiger partial charge in [-0.15, -0.1) is 0 Å². The van der Waals surface area contributed by atoms with Crippen LogP contribution in [0.3, 0.4) is 0 Å². The van der Waals surface area contributed by atoms with E-state index in [1.807, 2.05) is 0 Å². The van der Waals surface area contributed by atoms with E-state index in [0.717, 1.165) is 161 Å². The van der Waals surface area contributed by atoms with E-state index in [-0.39, 0.29) is 37.5 Å². The van der Waals surface area contributed by atoms with E-state index in [1.54, 1.807) is 0 Å². The quantitative estimate of drug-likeness (QED) is 0.0261. The van der Waals surface area contributed by atoms with Gasteiger partial charge in [0.1, 0.15) is 13.2 Å². The molecular formula is C73H112O6. The molecule has 0 radical (unpaired) electrons. The van der Waals surface area contributed by atoms with Crippen molar-refractivity contribution < 1.29 is 28.6 Å². The van der Waals surface area contributed by atoms with Crippen molar-refractivity contribution in [1.29, 1.82) is 0 Å². The summed E-state index contributed by atoms with van der Waals surface area (Å²) in [7, 11) is 0. The van der Waals surface area contributed by atoms with Gasteiger partial charge in [0, 0.05) is 19.3 Å². The smallest absolute Gasteiger partial charge is 0.306 e. The predicted molar refractivity (Wildman–Crippen MR) is 343 cm³/mol. The first kappa shape index (κ1) is 73.5. The van der Waals surface area contributed by atoms with Crippen molar-refractivity contribution >= 4 is 17.9 Å². The molecule has 0 rings (SSSR count).